The van der Waals surface area contributed by atoms with Crippen molar-refractivity contribution in [2.24, 2.45) is 5.92 Å². The second-order valence-corrected chi connectivity index (χ2v) is 8.34. The normalized spacial score (nSPS) is 18.6. The molecule has 0 unspecified atom stereocenters. The molecule has 0 saturated carbocycles. The summed E-state index contributed by atoms with van der Waals surface area (Å²) in [5.74, 6) is 1.11. The number of likely N-dealkylation sites (tertiary alicyclic amines) is 1. The maximum Gasteiger partial charge on any atom is 0.319 e. The molecule has 8 heteroatoms. The summed E-state index contributed by atoms with van der Waals surface area (Å²) in [6, 6.07) is 7.42. The number of carbonyl (C=O) groups excluding carboxylic acids is 2. The Balaban J connectivity index is 1.35. The van der Waals surface area contributed by atoms with Crippen LogP contribution >= 0.6 is 11.6 Å². The van der Waals surface area contributed by atoms with E-state index in [0.717, 1.165) is 51.3 Å². The van der Waals surface area contributed by atoms with Gasteiger partial charge in [0.1, 0.15) is 12.4 Å². The molecule has 2 fully saturated rings. The van der Waals surface area contributed by atoms with Crippen LogP contribution in [-0.2, 0) is 4.79 Å². The molecule has 0 bridgehead atoms. The summed E-state index contributed by atoms with van der Waals surface area (Å²) in [7, 11) is 3.53. The Morgan fingerprint density at radius 3 is 2.21 bits per heavy atom. The number of urea groups is 1. The highest BCUT2D eigenvalue weighted by atomic mass is 35.5. The van der Waals surface area contributed by atoms with Crippen molar-refractivity contribution < 1.29 is 14.3 Å². The molecule has 0 atom stereocenters. The van der Waals surface area contributed by atoms with Crippen LogP contribution in [0.2, 0.25) is 5.02 Å². The SMILES string of the molecule is CN(C)C(=O)N1CCC(C(=O)N2CCN(CCOc3ccc(Cl)cc3)CC2)CC1. The highest BCUT2D eigenvalue weighted by molar-refractivity contribution is 6.30. The minimum absolute atomic E-state index is 0.0327. The number of piperidine rings is 1. The van der Waals surface area contributed by atoms with Gasteiger partial charge in [0.05, 0.1) is 0 Å². The van der Waals surface area contributed by atoms with E-state index in [1.54, 1.807) is 19.0 Å². The van der Waals surface area contributed by atoms with Gasteiger partial charge in [-0.3, -0.25) is 9.69 Å². The lowest BCUT2D eigenvalue weighted by Crippen LogP contribution is -2.52. The van der Waals surface area contributed by atoms with Gasteiger partial charge in [0.25, 0.3) is 0 Å². The lowest BCUT2D eigenvalue weighted by Gasteiger charge is -2.38. The summed E-state index contributed by atoms with van der Waals surface area (Å²) < 4.78 is 5.76. The van der Waals surface area contributed by atoms with Crippen molar-refractivity contribution in [3.63, 3.8) is 0 Å². The molecule has 2 saturated heterocycles. The molecule has 1 aromatic carbocycles. The third-order valence-electron chi connectivity index (χ3n) is 5.67. The highest BCUT2D eigenvalue weighted by Crippen LogP contribution is 2.21. The Labute approximate surface area is 178 Å². The molecule has 0 aromatic heterocycles. The first-order valence-corrected chi connectivity index (χ1v) is 10.7. The van der Waals surface area contributed by atoms with Gasteiger partial charge in [-0.15, -0.1) is 0 Å². The molecule has 0 radical (unpaired) electrons. The van der Waals surface area contributed by atoms with Gasteiger partial charge in [-0.1, -0.05) is 11.6 Å². The highest BCUT2D eigenvalue weighted by Gasteiger charge is 2.31. The molecule has 0 aliphatic carbocycles. The maximum atomic E-state index is 12.9. The van der Waals surface area contributed by atoms with Crippen molar-refractivity contribution in [1.29, 1.82) is 0 Å². The first kappa shape index (κ1) is 21.7. The molecule has 2 aliphatic rings. The Morgan fingerprint density at radius 2 is 1.62 bits per heavy atom. The van der Waals surface area contributed by atoms with Crippen molar-refractivity contribution in [3.8, 4) is 5.75 Å². The zero-order valence-electron chi connectivity index (χ0n) is 17.3. The summed E-state index contributed by atoms with van der Waals surface area (Å²) in [4.78, 5) is 32.6. The molecule has 7 nitrogen and oxygen atoms in total. The Bertz CT molecular complexity index is 682. The van der Waals surface area contributed by atoms with Crippen LogP contribution < -0.4 is 4.74 Å². The zero-order chi connectivity index (χ0) is 20.8. The third kappa shape index (κ3) is 6.00. The van der Waals surface area contributed by atoms with Gasteiger partial charge in [0.15, 0.2) is 0 Å². The average Bonchev–Trinajstić information content (AvgIpc) is 2.74. The van der Waals surface area contributed by atoms with Gasteiger partial charge >= 0.3 is 6.03 Å². The quantitative estimate of drug-likeness (QED) is 0.730. The standard InChI is InChI=1S/C21H31ClN4O3/c1-23(2)21(28)26-9-7-17(8-10-26)20(27)25-13-11-24(12-14-25)15-16-29-19-5-3-18(22)4-6-19/h3-6,17H,7-16H2,1-2H3. The van der Waals surface area contributed by atoms with E-state index in [1.807, 2.05) is 34.1 Å². The molecule has 29 heavy (non-hydrogen) atoms. The molecule has 3 rings (SSSR count). The van der Waals surface area contributed by atoms with Gasteiger partial charge in [-0.2, -0.15) is 0 Å². The van der Waals surface area contributed by atoms with Crippen LogP contribution in [0.5, 0.6) is 5.75 Å². The smallest absolute Gasteiger partial charge is 0.319 e. The summed E-state index contributed by atoms with van der Waals surface area (Å²) in [5, 5.41) is 0.702. The van der Waals surface area contributed by atoms with E-state index in [9.17, 15) is 9.59 Å². The molecule has 0 N–H and O–H groups in total. The Hall–Kier alpha value is -1.99. The number of rotatable bonds is 5. The molecule has 1 aromatic rings. The van der Waals surface area contributed by atoms with E-state index in [0.29, 0.717) is 24.7 Å². The maximum absolute atomic E-state index is 12.9. The van der Waals surface area contributed by atoms with E-state index in [1.165, 1.54) is 0 Å². The largest absolute Gasteiger partial charge is 0.492 e. The first-order valence-electron chi connectivity index (χ1n) is 10.3. The number of hydrogen-bond donors (Lipinski definition) is 0. The van der Waals surface area contributed by atoms with Crippen molar-refractivity contribution >= 4 is 23.5 Å². The summed E-state index contributed by atoms with van der Waals surface area (Å²) >= 11 is 5.88. The predicted molar refractivity (Wildman–Crippen MR) is 113 cm³/mol. The number of nitrogens with zero attached hydrogens (tertiary/aromatic N) is 4. The van der Waals surface area contributed by atoms with Gasteiger partial charge in [-0.05, 0) is 37.1 Å². The van der Waals surface area contributed by atoms with Crippen LogP contribution in [0.3, 0.4) is 0 Å². The fourth-order valence-electron chi connectivity index (χ4n) is 3.87. The predicted octanol–water partition coefficient (Wildman–Crippen LogP) is 2.26. The average molecular weight is 423 g/mol. The molecular formula is C21H31ClN4O3. The van der Waals surface area contributed by atoms with Gasteiger partial charge < -0.3 is 19.4 Å². The lowest BCUT2D eigenvalue weighted by molar-refractivity contribution is -0.138. The van der Waals surface area contributed by atoms with E-state index in [-0.39, 0.29) is 17.9 Å². The van der Waals surface area contributed by atoms with Gasteiger partial charge in [-0.25, -0.2) is 4.79 Å². The van der Waals surface area contributed by atoms with E-state index in [4.69, 9.17) is 16.3 Å². The van der Waals surface area contributed by atoms with E-state index >= 15 is 0 Å². The van der Waals surface area contributed by atoms with Gasteiger partial charge in [0, 0.05) is 70.8 Å². The van der Waals surface area contributed by atoms with Crippen molar-refractivity contribution in [3.05, 3.63) is 29.3 Å². The summed E-state index contributed by atoms with van der Waals surface area (Å²) in [6.07, 6.45) is 1.51. The molecule has 2 aliphatic heterocycles. The zero-order valence-corrected chi connectivity index (χ0v) is 18.1. The Morgan fingerprint density at radius 1 is 1.00 bits per heavy atom. The molecule has 3 amide bonds. The third-order valence-corrected chi connectivity index (χ3v) is 5.92. The van der Waals surface area contributed by atoms with E-state index in [2.05, 4.69) is 4.90 Å². The number of carbonyl (C=O) groups is 2. The monoisotopic (exact) mass is 422 g/mol. The van der Waals surface area contributed by atoms with Crippen LogP contribution in [0.15, 0.2) is 24.3 Å². The van der Waals surface area contributed by atoms with E-state index < -0.39 is 0 Å². The van der Waals surface area contributed by atoms with Crippen LogP contribution in [0.25, 0.3) is 0 Å². The minimum atomic E-state index is 0.0327. The molecule has 2 heterocycles. The summed E-state index contributed by atoms with van der Waals surface area (Å²) in [5.41, 5.74) is 0. The molecular weight excluding hydrogens is 392 g/mol. The van der Waals surface area contributed by atoms with Gasteiger partial charge in [0.2, 0.25) is 5.91 Å². The fourth-order valence-corrected chi connectivity index (χ4v) is 4.00. The first-order chi connectivity index (χ1) is 13.9. The van der Waals surface area contributed by atoms with Crippen LogP contribution in [-0.4, -0.2) is 98.1 Å². The minimum Gasteiger partial charge on any atom is -0.492 e. The van der Waals surface area contributed by atoms with Crippen molar-refractivity contribution in [2.45, 2.75) is 12.8 Å². The molecule has 0 spiro atoms. The van der Waals surface area contributed by atoms with Crippen LogP contribution in [0, 0.1) is 5.92 Å². The lowest BCUT2D eigenvalue weighted by atomic mass is 9.95. The second-order valence-electron chi connectivity index (χ2n) is 7.91. The van der Waals surface area contributed by atoms with Crippen LogP contribution in [0.1, 0.15) is 12.8 Å². The Kier molecular flexibility index (Phi) is 7.61. The number of amides is 3. The number of hydrogen-bond acceptors (Lipinski definition) is 4. The topological polar surface area (TPSA) is 56.3 Å². The number of halogens is 1. The van der Waals surface area contributed by atoms with Crippen LogP contribution in [0.4, 0.5) is 4.79 Å². The number of benzene rings is 1. The summed E-state index contributed by atoms with van der Waals surface area (Å²) in [6.45, 7) is 6.04. The molecule has 160 valence electrons. The number of piperazine rings is 1. The van der Waals surface area contributed by atoms with Crippen molar-refractivity contribution in [2.75, 3.05) is 66.5 Å². The fraction of sp³-hybridized carbons (Fsp3) is 0.619. The van der Waals surface area contributed by atoms with Crippen molar-refractivity contribution in [1.82, 2.24) is 19.6 Å². The second kappa shape index (κ2) is 10.2. The number of ether oxygens (including phenoxy) is 1.